The first-order valence-corrected chi connectivity index (χ1v) is 13.3. The maximum Gasteiger partial charge on any atom is 0.303 e. The van der Waals surface area contributed by atoms with Crippen LogP contribution >= 0.6 is 11.9 Å². The van der Waals surface area contributed by atoms with E-state index in [2.05, 4.69) is 48.6 Å². The number of carboxylic acid groups (broad SMARTS) is 1. The molecule has 0 amide bonds. The van der Waals surface area contributed by atoms with Gasteiger partial charge in [0.05, 0.1) is 6.10 Å². The van der Waals surface area contributed by atoms with Crippen molar-refractivity contribution in [2.24, 2.45) is 0 Å². The summed E-state index contributed by atoms with van der Waals surface area (Å²) in [5.41, 5.74) is 3.00. The molecule has 2 aromatic carbocycles. The smallest absolute Gasteiger partial charge is 0.303 e. The molecule has 0 spiro atoms. The lowest BCUT2D eigenvalue weighted by Crippen LogP contribution is -2.45. The van der Waals surface area contributed by atoms with E-state index in [1.807, 2.05) is 19.2 Å². The van der Waals surface area contributed by atoms with Gasteiger partial charge in [-0.25, -0.2) is 8.70 Å². The van der Waals surface area contributed by atoms with Gasteiger partial charge in [-0.15, -0.1) is 0 Å². The topological polar surface area (TPSA) is 72.8 Å². The molecule has 0 aromatic heterocycles. The number of hydrogen-bond acceptors (Lipinski definition) is 5. The summed E-state index contributed by atoms with van der Waals surface area (Å²) in [5.74, 6) is -0.901. The summed E-state index contributed by atoms with van der Waals surface area (Å²) in [6.45, 7) is 7.36. The third-order valence-corrected chi connectivity index (χ3v) is 7.16. The summed E-state index contributed by atoms with van der Waals surface area (Å²) in [7, 11) is 1.98. The number of likely N-dealkylation sites (N-methyl/N-ethyl adjacent to an activating group) is 1. The van der Waals surface area contributed by atoms with Crippen molar-refractivity contribution in [3.63, 3.8) is 0 Å². The maximum absolute atomic E-state index is 13.8. The number of nitrogens with zero attached hydrogens (tertiary/aromatic N) is 1. The maximum atomic E-state index is 13.8. The van der Waals surface area contributed by atoms with Crippen molar-refractivity contribution in [3.8, 4) is 0 Å². The van der Waals surface area contributed by atoms with Gasteiger partial charge in [0.25, 0.3) is 0 Å². The Bertz CT molecular complexity index is 938. The molecule has 3 N–H and O–H groups in total. The predicted molar refractivity (Wildman–Crippen MR) is 142 cm³/mol. The van der Waals surface area contributed by atoms with Gasteiger partial charge >= 0.3 is 5.97 Å². The first kappa shape index (κ1) is 29.3. The minimum absolute atomic E-state index is 0.145. The fourth-order valence-corrected chi connectivity index (χ4v) is 5.10. The van der Waals surface area contributed by atoms with Gasteiger partial charge in [-0.1, -0.05) is 37.3 Å². The second kappa shape index (κ2) is 14.6. The van der Waals surface area contributed by atoms with Crippen LogP contribution < -0.4 is 5.32 Å². The van der Waals surface area contributed by atoms with Gasteiger partial charge in [-0.3, -0.25) is 4.79 Å². The van der Waals surface area contributed by atoms with Gasteiger partial charge in [0.15, 0.2) is 0 Å². The number of rotatable bonds is 16. The highest BCUT2D eigenvalue weighted by molar-refractivity contribution is 7.97. The second-order valence-electron chi connectivity index (χ2n) is 9.81. The zero-order valence-corrected chi connectivity index (χ0v) is 22.3. The lowest BCUT2D eigenvalue weighted by atomic mass is 9.95. The Labute approximate surface area is 214 Å². The third kappa shape index (κ3) is 11.1. The molecule has 0 aliphatic rings. The summed E-state index contributed by atoms with van der Waals surface area (Å²) in [4.78, 5) is 11.9. The molecule has 0 unspecified atom stereocenters. The van der Waals surface area contributed by atoms with Gasteiger partial charge in [0.2, 0.25) is 0 Å². The normalized spacial score (nSPS) is 12.8. The Morgan fingerprint density at radius 1 is 1.14 bits per heavy atom. The Morgan fingerprint density at radius 3 is 2.57 bits per heavy atom. The highest BCUT2D eigenvalue weighted by atomic mass is 32.2. The number of carbonyl (C=O) groups is 1. The summed E-state index contributed by atoms with van der Waals surface area (Å²) in [6, 6.07) is 13.3. The minimum atomic E-state index is -0.756. The van der Waals surface area contributed by atoms with Gasteiger partial charge in [-0.2, -0.15) is 0 Å². The zero-order valence-electron chi connectivity index (χ0n) is 21.5. The van der Waals surface area contributed by atoms with Crippen LogP contribution in [0.5, 0.6) is 0 Å². The standard InChI is InChI=1S/C28H41FN2O3S/c1-5-22-18-21(10-8-14-27(33)34)15-16-26(22)35-31(4)20-24(32)19-30-28(2,3)17-9-12-23-11-6-7-13-25(23)29/h6-7,11,13,15-16,18,24,30,32H,5,8-10,12,14,17,19-20H2,1-4H3,(H,33,34)/t24-/m1/s1. The molecule has 0 saturated heterocycles. The van der Waals surface area contributed by atoms with E-state index in [1.165, 1.54) is 11.6 Å². The van der Waals surface area contributed by atoms with E-state index in [4.69, 9.17) is 5.11 Å². The molecule has 0 radical (unpaired) electrons. The molecule has 0 bridgehead atoms. The lowest BCUT2D eigenvalue weighted by molar-refractivity contribution is -0.137. The van der Waals surface area contributed by atoms with Crippen molar-refractivity contribution in [2.45, 2.75) is 82.3 Å². The van der Waals surface area contributed by atoms with Crippen molar-refractivity contribution < 1.29 is 19.4 Å². The molecule has 0 saturated carbocycles. The van der Waals surface area contributed by atoms with Crippen LogP contribution in [0.25, 0.3) is 0 Å². The van der Waals surface area contributed by atoms with Crippen LogP contribution in [0, 0.1) is 5.82 Å². The number of nitrogens with one attached hydrogen (secondary N) is 1. The van der Waals surface area contributed by atoms with Gasteiger partial charge < -0.3 is 15.5 Å². The van der Waals surface area contributed by atoms with Crippen LogP contribution in [0.2, 0.25) is 0 Å². The summed E-state index contributed by atoms with van der Waals surface area (Å²) < 4.78 is 15.9. The number of aryl methyl sites for hydroxylation is 3. The minimum Gasteiger partial charge on any atom is -0.481 e. The largest absolute Gasteiger partial charge is 0.481 e. The van der Waals surface area contributed by atoms with E-state index in [0.717, 1.165) is 41.7 Å². The Kier molecular flexibility index (Phi) is 12.2. The molecular weight excluding hydrogens is 463 g/mol. The molecule has 0 aliphatic carbocycles. The number of halogens is 1. The van der Waals surface area contributed by atoms with Crippen molar-refractivity contribution in [3.05, 3.63) is 65.0 Å². The average Bonchev–Trinajstić information content (AvgIpc) is 2.79. The Balaban J connectivity index is 1.77. The van der Waals surface area contributed by atoms with E-state index in [1.54, 1.807) is 18.0 Å². The molecule has 0 fully saturated rings. The SMILES string of the molecule is CCc1cc(CCCC(=O)O)ccc1SN(C)C[C@H](O)CNC(C)(C)CCCc1ccccc1F. The van der Waals surface area contributed by atoms with Crippen molar-refractivity contribution in [1.82, 2.24) is 9.62 Å². The van der Waals surface area contributed by atoms with Crippen molar-refractivity contribution in [2.75, 3.05) is 20.1 Å². The van der Waals surface area contributed by atoms with Gasteiger partial charge in [-0.05, 0) is 100 Å². The van der Waals surface area contributed by atoms with Crippen LogP contribution in [0.3, 0.4) is 0 Å². The highest BCUT2D eigenvalue weighted by Gasteiger charge is 2.19. The second-order valence-corrected chi connectivity index (χ2v) is 11.1. The number of aliphatic hydroxyl groups excluding tert-OH is 1. The van der Waals surface area contributed by atoms with Crippen LogP contribution in [-0.2, 0) is 24.1 Å². The number of carboxylic acids is 1. The first-order chi connectivity index (χ1) is 16.6. The Morgan fingerprint density at radius 2 is 1.89 bits per heavy atom. The van der Waals surface area contributed by atoms with Crippen LogP contribution in [0.1, 0.15) is 63.1 Å². The molecule has 1 atom stereocenters. The molecular formula is C28H41FN2O3S. The van der Waals surface area contributed by atoms with E-state index in [-0.39, 0.29) is 17.8 Å². The average molecular weight is 505 g/mol. The van der Waals surface area contributed by atoms with E-state index < -0.39 is 12.1 Å². The molecule has 194 valence electrons. The van der Waals surface area contributed by atoms with E-state index in [0.29, 0.717) is 25.9 Å². The summed E-state index contributed by atoms with van der Waals surface area (Å²) >= 11 is 1.62. The number of benzene rings is 2. The van der Waals surface area contributed by atoms with E-state index in [9.17, 15) is 14.3 Å². The fraction of sp³-hybridized carbons (Fsp3) is 0.536. The first-order valence-electron chi connectivity index (χ1n) is 12.5. The molecule has 7 heteroatoms. The molecule has 35 heavy (non-hydrogen) atoms. The predicted octanol–water partition coefficient (Wildman–Crippen LogP) is 5.49. The van der Waals surface area contributed by atoms with E-state index >= 15 is 0 Å². The Hall–Kier alpha value is -1.93. The zero-order chi connectivity index (χ0) is 25.8. The fourth-order valence-electron chi connectivity index (χ4n) is 4.07. The van der Waals surface area contributed by atoms with Crippen LogP contribution in [0.15, 0.2) is 47.4 Å². The molecule has 5 nitrogen and oxygen atoms in total. The molecule has 0 aliphatic heterocycles. The van der Waals surface area contributed by atoms with Gasteiger partial charge in [0.1, 0.15) is 5.82 Å². The van der Waals surface area contributed by atoms with Crippen LogP contribution in [-0.4, -0.2) is 52.3 Å². The number of β-amino-alcohol motifs (C(OH)–C–C–N with tert-alkyl or cyclic N) is 1. The van der Waals surface area contributed by atoms with Gasteiger partial charge in [0, 0.05) is 29.9 Å². The summed E-state index contributed by atoms with van der Waals surface area (Å²) in [5, 5.41) is 22.9. The molecule has 0 heterocycles. The lowest BCUT2D eigenvalue weighted by Gasteiger charge is -2.29. The monoisotopic (exact) mass is 504 g/mol. The van der Waals surface area contributed by atoms with Crippen LogP contribution in [0.4, 0.5) is 4.39 Å². The number of aliphatic hydroxyl groups is 1. The number of hydrogen-bond donors (Lipinski definition) is 3. The summed E-state index contributed by atoms with van der Waals surface area (Å²) in [6.07, 6.45) is 4.44. The highest BCUT2D eigenvalue weighted by Crippen LogP contribution is 2.27. The van der Waals surface area contributed by atoms with Crippen molar-refractivity contribution >= 4 is 17.9 Å². The third-order valence-electron chi connectivity index (χ3n) is 6.11. The molecule has 2 aromatic rings. The molecule has 2 rings (SSSR count). The quantitative estimate of drug-likeness (QED) is 0.263. The van der Waals surface area contributed by atoms with Crippen molar-refractivity contribution in [1.29, 1.82) is 0 Å². The number of aliphatic carboxylic acids is 1.